The number of rotatable bonds is 14. The first kappa shape index (κ1) is 19.1. The third kappa shape index (κ3) is 9.19. The minimum Gasteiger partial charge on any atom is -0.394 e. The van der Waals surface area contributed by atoms with Crippen LogP contribution in [0.25, 0.3) is 0 Å². The molecule has 22 heavy (non-hydrogen) atoms. The first-order valence-electron chi connectivity index (χ1n) is 8.73. The van der Waals surface area contributed by atoms with E-state index in [9.17, 15) is 0 Å². The van der Waals surface area contributed by atoms with Gasteiger partial charge < -0.3 is 14.6 Å². The minimum atomic E-state index is 0.0693. The summed E-state index contributed by atoms with van der Waals surface area (Å²) < 4.78 is 11.3. The Balaban J connectivity index is 2.29. The van der Waals surface area contributed by atoms with Gasteiger partial charge in [0.25, 0.3) is 0 Å². The molecular formula is C19H32O3. The van der Waals surface area contributed by atoms with Gasteiger partial charge in [-0.2, -0.15) is 0 Å². The molecule has 1 rings (SSSR count). The number of aliphatic hydroxyl groups excluding tert-OH is 1. The molecule has 0 aliphatic carbocycles. The molecule has 1 atom stereocenters. The second kappa shape index (κ2) is 13.7. The van der Waals surface area contributed by atoms with Crippen LogP contribution in [0.15, 0.2) is 30.3 Å². The Morgan fingerprint density at radius 3 is 2.36 bits per heavy atom. The smallest absolute Gasteiger partial charge is 0.0826 e. The molecule has 1 aromatic carbocycles. The maximum absolute atomic E-state index is 8.69. The monoisotopic (exact) mass is 308 g/mol. The maximum Gasteiger partial charge on any atom is 0.0826 e. The summed E-state index contributed by atoms with van der Waals surface area (Å²) in [7, 11) is 0. The molecule has 0 heterocycles. The van der Waals surface area contributed by atoms with E-state index in [1.54, 1.807) is 0 Å². The van der Waals surface area contributed by atoms with Crippen molar-refractivity contribution >= 4 is 0 Å². The summed E-state index contributed by atoms with van der Waals surface area (Å²) in [4.78, 5) is 0. The van der Waals surface area contributed by atoms with Crippen LogP contribution >= 0.6 is 0 Å². The molecule has 0 aliphatic rings. The van der Waals surface area contributed by atoms with Gasteiger partial charge in [-0.25, -0.2) is 0 Å². The number of benzene rings is 1. The summed E-state index contributed by atoms with van der Waals surface area (Å²) in [6.45, 7) is 3.82. The molecule has 3 heteroatoms. The Morgan fingerprint density at radius 2 is 1.64 bits per heavy atom. The largest absolute Gasteiger partial charge is 0.394 e. The van der Waals surface area contributed by atoms with E-state index in [0.717, 1.165) is 6.42 Å². The highest BCUT2D eigenvalue weighted by Gasteiger charge is 2.11. The number of aliphatic hydroxyl groups is 1. The second-order valence-electron chi connectivity index (χ2n) is 5.66. The van der Waals surface area contributed by atoms with Gasteiger partial charge in [-0.3, -0.25) is 0 Å². The molecule has 0 radical (unpaired) electrons. The molecule has 0 fully saturated rings. The number of hydrogen-bond donors (Lipinski definition) is 1. The van der Waals surface area contributed by atoms with Gasteiger partial charge in [0.15, 0.2) is 0 Å². The third-order valence-electron chi connectivity index (χ3n) is 3.77. The van der Waals surface area contributed by atoms with Gasteiger partial charge in [0.2, 0.25) is 0 Å². The summed E-state index contributed by atoms with van der Waals surface area (Å²) in [5, 5.41) is 8.69. The Labute approximate surface area is 135 Å². The fraction of sp³-hybridized carbons (Fsp3) is 0.684. The molecule has 1 N–H and O–H groups in total. The topological polar surface area (TPSA) is 38.7 Å². The van der Waals surface area contributed by atoms with E-state index in [0.29, 0.717) is 19.8 Å². The highest BCUT2D eigenvalue weighted by molar-refractivity contribution is 5.17. The summed E-state index contributed by atoms with van der Waals surface area (Å²) in [6.07, 6.45) is 9.04. The predicted molar refractivity (Wildman–Crippen MR) is 91.0 cm³/mol. The van der Waals surface area contributed by atoms with E-state index in [-0.39, 0.29) is 12.7 Å². The van der Waals surface area contributed by atoms with Crippen molar-refractivity contribution in [3.8, 4) is 0 Å². The predicted octanol–water partition coefficient (Wildman–Crippen LogP) is 4.50. The highest BCUT2D eigenvalue weighted by Crippen LogP contribution is 2.24. The molecule has 0 bridgehead atoms. The molecule has 1 unspecified atom stereocenters. The van der Waals surface area contributed by atoms with Crippen LogP contribution < -0.4 is 0 Å². The van der Waals surface area contributed by atoms with Gasteiger partial charge in [-0.15, -0.1) is 0 Å². The lowest BCUT2D eigenvalue weighted by atomic mass is 10.0. The lowest BCUT2D eigenvalue weighted by Crippen LogP contribution is -2.11. The first-order chi connectivity index (χ1) is 10.9. The van der Waals surface area contributed by atoms with Crippen LogP contribution in [0.5, 0.6) is 0 Å². The van der Waals surface area contributed by atoms with Crippen LogP contribution in [0, 0.1) is 0 Å². The summed E-state index contributed by atoms with van der Waals surface area (Å²) in [6, 6.07) is 10.4. The maximum atomic E-state index is 8.69. The summed E-state index contributed by atoms with van der Waals surface area (Å²) >= 11 is 0. The van der Waals surface area contributed by atoms with Gasteiger partial charge in [-0.05, 0) is 12.0 Å². The number of hydrogen-bond acceptors (Lipinski definition) is 3. The fourth-order valence-corrected chi connectivity index (χ4v) is 2.54. The Kier molecular flexibility index (Phi) is 12.0. The standard InChI is InChI=1S/C19H32O3/c1-2-3-4-5-6-10-13-19(18-11-8-7-9-12-18)22-17-16-21-15-14-20/h7-9,11-12,19-20H,2-6,10,13-17H2,1H3. The molecule has 0 saturated carbocycles. The average Bonchev–Trinajstić information content (AvgIpc) is 2.56. The summed E-state index contributed by atoms with van der Waals surface area (Å²) in [5.41, 5.74) is 1.25. The molecule has 126 valence electrons. The van der Waals surface area contributed by atoms with Crippen molar-refractivity contribution in [2.24, 2.45) is 0 Å². The Hall–Kier alpha value is -0.900. The van der Waals surface area contributed by atoms with Crippen molar-refractivity contribution in [3.63, 3.8) is 0 Å². The van der Waals surface area contributed by atoms with E-state index in [1.807, 2.05) is 6.07 Å². The third-order valence-corrected chi connectivity index (χ3v) is 3.77. The van der Waals surface area contributed by atoms with Crippen molar-refractivity contribution in [2.45, 2.75) is 58.0 Å². The van der Waals surface area contributed by atoms with Crippen molar-refractivity contribution in [1.29, 1.82) is 0 Å². The molecule has 0 saturated heterocycles. The molecule has 0 spiro atoms. The van der Waals surface area contributed by atoms with Crippen molar-refractivity contribution in [2.75, 3.05) is 26.4 Å². The second-order valence-corrected chi connectivity index (χ2v) is 5.66. The van der Waals surface area contributed by atoms with Gasteiger partial charge in [0.1, 0.15) is 0 Å². The molecule has 1 aromatic rings. The van der Waals surface area contributed by atoms with Crippen LogP contribution in [-0.2, 0) is 9.47 Å². The van der Waals surface area contributed by atoms with E-state index < -0.39 is 0 Å². The molecule has 0 amide bonds. The first-order valence-corrected chi connectivity index (χ1v) is 8.73. The van der Waals surface area contributed by atoms with Crippen LogP contribution in [0.1, 0.15) is 63.5 Å². The van der Waals surface area contributed by atoms with Gasteiger partial charge in [0.05, 0.1) is 32.5 Å². The fourth-order valence-electron chi connectivity index (χ4n) is 2.54. The van der Waals surface area contributed by atoms with E-state index in [2.05, 4.69) is 31.2 Å². The Morgan fingerprint density at radius 1 is 0.909 bits per heavy atom. The molecule has 3 nitrogen and oxygen atoms in total. The van der Waals surface area contributed by atoms with E-state index in [1.165, 1.54) is 44.1 Å². The number of ether oxygens (including phenoxy) is 2. The van der Waals surface area contributed by atoms with E-state index >= 15 is 0 Å². The molecular weight excluding hydrogens is 276 g/mol. The zero-order valence-corrected chi connectivity index (χ0v) is 14.0. The van der Waals surface area contributed by atoms with Crippen molar-refractivity contribution < 1.29 is 14.6 Å². The van der Waals surface area contributed by atoms with Crippen LogP contribution in [0.2, 0.25) is 0 Å². The van der Waals surface area contributed by atoms with Gasteiger partial charge >= 0.3 is 0 Å². The van der Waals surface area contributed by atoms with Crippen molar-refractivity contribution in [3.05, 3.63) is 35.9 Å². The van der Waals surface area contributed by atoms with Crippen LogP contribution in [0.3, 0.4) is 0 Å². The lowest BCUT2D eigenvalue weighted by molar-refractivity contribution is -0.00735. The highest BCUT2D eigenvalue weighted by atomic mass is 16.5. The number of unbranched alkanes of at least 4 members (excludes halogenated alkanes) is 5. The average molecular weight is 308 g/mol. The van der Waals surface area contributed by atoms with E-state index in [4.69, 9.17) is 14.6 Å². The Bertz CT molecular complexity index is 340. The zero-order valence-electron chi connectivity index (χ0n) is 14.0. The zero-order chi connectivity index (χ0) is 15.9. The molecule has 0 aromatic heterocycles. The lowest BCUT2D eigenvalue weighted by Gasteiger charge is -2.18. The van der Waals surface area contributed by atoms with Crippen molar-refractivity contribution in [1.82, 2.24) is 0 Å². The van der Waals surface area contributed by atoms with Crippen LogP contribution in [-0.4, -0.2) is 31.5 Å². The van der Waals surface area contributed by atoms with Gasteiger partial charge in [-0.1, -0.05) is 75.8 Å². The van der Waals surface area contributed by atoms with Gasteiger partial charge in [0, 0.05) is 0 Å². The van der Waals surface area contributed by atoms with Crippen LogP contribution in [0.4, 0.5) is 0 Å². The normalized spacial score (nSPS) is 12.5. The SMILES string of the molecule is CCCCCCCCC(OCCOCCO)c1ccccc1. The minimum absolute atomic E-state index is 0.0693. The molecule has 0 aliphatic heterocycles. The summed E-state index contributed by atoms with van der Waals surface area (Å²) in [5.74, 6) is 0. The quantitative estimate of drug-likeness (QED) is 0.514.